The van der Waals surface area contributed by atoms with E-state index in [9.17, 15) is 8.42 Å². The summed E-state index contributed by atoms with van der Waals surface area (Å²) in [5.41, 5.74) is 0. The van der Waals surface area contributed by atoms with Crippen molar-refractivity contribution in [2.75, 3.05) is 24.8 Å². The van der Waals surface area contributed by atoms with Crippen LogP contribution in [0.4, 0.5) is 0 Å². The number of alkyl halides is 1. The Balaban J connectivity index is 2.18. The van der Waals surface area contributed by atoms with E-state index in [-0.39, 0.29) is 11.9 Å². The molecule has 1 fully saturated rings. The normalized spacial score (nSPS) is 22.2. The minimum Gasteiger partial charge on any atom is -0.377 e. The Kier molecular flexibility index (Phi) is 6.65. The van der Waals surface area contributed by atoms with Crippen LogP contribution in [0.15, 0.2) is 0 Å². The molecule has 0 aromatic heterocycles. The molecule has 0 aliphatic carbocycles. The molecule has 1 aliphatic rings. The fraction of sp³-hybridized carbons (Fsp3) is 1.00. The third kappa shape index (κ3) is 6.03. The molecule has 0 bridgehead atoms. The maximum atomic E-state index is 11.5. The van der Waals surface area contributed by atoms with Gasteiger partial charge in [0.1, 0.15) is 0 Å². The molecule has 0 amide bonds. The van der Waals surface area contributed by atoms with Crippen LogP contribution in [-0.2, 0) is 14.8 Å². The van der Waals surface area contributed by atoms with E-state index in [1.807, 2.05) is 0 Å². The van der Waals surface area contributed by atoms with Gasteiger partial charge in [0.2, 0.25) is 10.0 Å². The van der Waals surface area contributed by atoms with Gasteiger partial charge in [-0.2, -0.15) is 0 Å². The number of ether oxygens (including phenoxy) is 1. The molecule has 0 saturated carbocycles. The molecule has 1 unspecified atom stereocenters. The summed E-state index contributed by atoms with van der Waals surface area (Å²) >= 11 is 5.49. The van der Waals surface area contributed by atoms with Gasteiger partial charge in [-0.05, 0) is 32.1 Å². The molecule has 1 heterocycles. The van der Waals surface area contributed by atoms with Crippen LogP contribution in [0.1, 0.15) is 32.1 Å². The summed E-state index contributed by atoms with van der Waals surface area (Å²) in [7, 11) is -3.14. The Labute approximate surface area is 103 Å². The highest BCUT2D eigenvalue weighted by molar-refractivity contribution is 7.89. The molecule has 1 rings (SSSR count). The summed E-state index contributed by atoms with van der Waals surface area (Å²) in [6, 6.07) is 0. The Hall–Kier alpha value is 0.160. The lowest BCUT2D eigenvalue weighted by Gasteiger charge is -2.22. The van der Waals surface area contributed by atoms with Gasteiger partial charge in [-0.1, -0.05) is 0 Å². The van der Waals surface area contributed by atoms with Gasteiger partial charge >= 0.3 is 0 Å². The molecule has 16 heavy (non-hydrogen) atoms. The first-order valence-electron chi connectivity index (χ1n) is 5.79. The second-order valence-corrected chi connectivity index (χ2v) is 6.36. The van der Waals surface area contributed by atoms with Crippen LogP contribution in [0, 0.1) is 0 Å². The monoisotopic (exact) mass is 269 g/mol. The highest BCUT2D eigenvalue weighted by atomic mass is 35.5. The lowest BCUT2D eigenvalue weighted by molar-refractivity contribution is 0.0200. The van der Waals surface area contributed by atoms with Crippen molar-refractivity contribution in [3.05, 3.63) is 0 Å². The first kappa shape index (κ1) is 14.2. The van der Waals surface area contributed by atoms with Gasteiger partial charge in [-0.25, -0.2) is 13.1 Å². The fourth-order valence-corrected chi connectivity index (χ4v) is 3.00. The number of hydrogen-bond donors (Lipinski definition) is 1. The van der Waals surface area contributed by atoms with Gasteiger partial charge in [0.15, 0.2) is 0 Å². The summed E-state index contributed by atoms with van der Waals surface area (Å²) in [4.78, 5) is 0. The molecule has 1 N–H and O–H groups in total. The fourth-order valence-electron chi connectivity index (χ4n) is 1.65. The molecule has 6 heteroatoms. The highest BCUT2D eigenvalue weighted by Gasteiger charge is 2.17. The lowest BCUT2D eigenvalue weighted by Crippen LogP contribution is -2.36. The maximum Gasteiger partial charge on any atom is 0.211 e. The average Bonchev–Trinajstić information content (AvgIpc) is 2.28. The van der Waals surface area contributed by atoms with Gasteiger partial charge in [-0.3, -0.25) is 0 Å². The van der Waals surface area contributed by atoms with Crippen LogP contribution in [0.2, 0.25) is 0 Å². The van der Waals surface area contributed by atoms with Gasteiger partial charge in [-0.15, -0.1) is 11.6 Å². The molecule has 0 radical (unpaired) electrons. The SMILES string of the molecule is O=S(=O)(CCCCCl)NCC1CCCCO1. The molecule has 0 aromatic rings. The van der Waals surface area contributed by atoms with Crippen LogP contribution >= 0.6 is 11.6 Å². The van der Waals surface area contributed by atoms with Crippen molar-refractivity contribution in [1.29, 1.82) is 0 Å². The number of rotatable bonds is 7. The predicted molar refractivity (Wildman–Crippen MR) is 65.3 cm³/mol. The summed E-state index contributed by atoms with van der Waals surface area (Å²) in [6.07, 6.45) is 4.56. The summed E-state index contributed by atoms with van der Waals surface area (Å²) in [5.74, 6) is 0.674. The Morgan fingerprint density at radius 2 is 2.12 bits per heavy atom. The number of halogens is 1. The van der Waals surface area contributed by atoms with Crippen molar-refractivity contribution >= 4 is 21.6 Å². The number of unbranched alkanes of at least 4 members (excludes halogenated alkanes) is 1. The standard InChI is InChI=1S/C10H20ClNO3S/c11-6-2-4-8-16(13,14)12-9-10-5-1-3-7-15-10/h10,12H,1-9H2. The lowest BCUT2D eigenvalue weighted by atomic mass is 10.1. The highest BCUT2D eigenvalue weighted by Crippen LogP contribution is 2.11. The van der Waals surface area contributed by atoms with E-state index in [1.165, 1.54) is 0 Å². The van der Waals surface area contributed by atoms with Crippen molar-refractivity contribution in [1.82, 2.24) is 4.72 Å². The van der Waals surface area contributed by atoms with E-state index in [0.29, 0.717) is 18.8 Å². The zero-order chi connectivity index (χ0) is 11.9. The average molecular weight is 270 g/mol. The zero-order valence-electron chi connectivity index (χ0n) is 9.45. The minimum atomic E-state index is -3.14. The Morgan fingerprint density at radius 1 is 1.31 bits per heavy atom. The summed E-state index contributed by atoms with van der Waals surface area (Å²) in [6.45, 7) is 1.15. The van der Waals surface area contributed by atoms with E-state index in [4.69, 9.17) is 16.3 Å². The topological polar surface area (TPSA) is 55.4 Å². The third-order valence-electron chi connectivity index (χ3n) is 2.60. The molecule has 1 aliphatic heterocycles. The molecular formula is C10H20ClNO3S. The first-order valence-corrected chi connectivity index (χ1v) is 7.97. The Bertz CT molecular complexity index is 276. The van der Waals surface area contributed by atoms with E-state index in [0.717, 1.165) is 32.3 Å². The van der Waals surface area contributed by atoms with Crippen molar-refractivity contribution < 1.29 is 13.2 Å². The zero-order valence-corrected chi connectivity index (χ0v) is 11.0. The first-order chi connectivity index (χ1) is 7.64. The Morgan fingerprint density at radius 3 is 2.75 bits per heavy atom. The molecule has 96 valence electrons. The van der Waals surface area contributed by atoms with E-state index < -0.39 is 10.0 Å². The summed E-state index contributed by atoms with van der Waals surface area (Å²) < 4.78 is 31.1. The quantitative estimate of drug-likeness (QED) is 0.563. The molecule has 1 saturated heterocycles. The van der Waals surface area contributed by atoms with Crippen LogP contribution in [0.3, 0.4) is 0 Å². The third-order valence-corrected chi connectivity index (χ3v) is 4.30. The van der Waals surface area contributed by atoms with E-state index in [1.54, 1.807) is 0 Å². The predicted octanol–water partition coefficient (Wildman–Crippen LogP) is 1.49. The van der Waals surface area contributed by atoms with Crippen LogP contribution in [-0.4, -0.2) is 39.3 Å². The van der Waals surface area contributed by atoms with Crippen LogP contribution < -0.4 is 4.72 Å². The van der Waals surface area contributed by atoms with Crippen LogP contribution in [0.5, 0.6) is 0 Å². The number of nitrogens with one attached hydrogen (secondary N) is 1. The molecule has 0 spiro atoms. The molecular weight excluding hydrogens is 250 g/mol. The molecule has 0 aromatic carbocycles. The second-order valence-electron chi connectivity index (χ2n) is 4.05. The van der Waals surface area contributed by atoms with Gasteiger partial charge in [0, 0.05) is 19.0 Å². The molecule has 4 nitrogen and oxygen atoms in total. The number of sulfonamides is 1. The smallest absolute Gasteiger partial charge is 0.211 e. The number of hydrogen-bond acceptors (Lipinski definition) is 3. The van der Waals surface area contributed by atoms with E-state index in [2.05, 4.69) is 4.72 Å². The van der Waals surface area contributed by atoms with Gasteiger partial charge in [0.05, 0.1) is 11.9 Å². The minimum absolute atomic E-state index is 0.0524. The maximum absolute atomic E-state index is 11.5. The van der Waals surface area contributed by atoms with Gasteiger partial charge in [0.25, 0.3) is 0 Å². The largest absolute Gasteiger partial charge is 0.377 e. The van der Waals surface area contributed by atoms with Crippen molar-refractivity contribution in [2.45, 2.75) is 38.2 Å². The van der Waals surface area contributed by atoms with Crippen LogP contribution in [0.25, 0.3) is 0 Å². The van der Waals surface area contributed by atoms with E-state index >= 15 is 0 Å². The van der Waals surface area contributed by atoms with Crippen molar-refractivity contribution in [2.24, 2.45) is 0 Å². The molecule has 1 atom stereocenters. The van der Waals surface area contributed by atoms with Crippen molar-refractivity contribution in [3.63, 3.8) is 0 Å². The second kappa shape index (κ2) is 7.48. The van der Waals surface area contributed by atoms with Gasteiger partial charge < -0.3 is 4.74 Å². The van der Waals surface area contributed by atoms with Crippen molar-refractivity contribution in [3.8, 4) is 0 Å². The summed E-state index contributed by atoms with van der Waals surface area (Å²) in [5, 5.41) is 0.